The molecule has 2 aromatic rings. The molecule has 132 valence electrons. The van der Waals surface area contributed by atoms with E-state index in [4.69, 9.17) is 10.5 Å². The van der Waals surface area contributed by atoms with Gasteiger partial charge in [0.15, 0.2) is 0 Å². The van der Waals surface area contributed by atoms with Crippen LogP contribution in [0.4, 0.5) is 0 Å². The molecule has 0 aliphatic carbocycles. The van der Waals surface area contributed by atoms with Crippen LogP contribution in [0.25, 0.3) is 0 Å². The Morgan fingerprint density at radius 2 is 1.80 bits per heavy atom. The van der Waals surface area contributed by atoms with Gasteiger partial charge in [0.1, 0.15) is 11.5 Å². The van der Waals surface area contributed by atoms with E-state index in [9.17, 15) is 4.79 Å². The highest BCUT2D eigenvalue weighted by Gasteiger charge is 2.20. The van der Waals surface area contributed by atoms with Crippen molar-refractivity contribution >= 4 is 5.91 Å². The third kappa shape index (κ3) is 5.61. The van der Waals surface area contributed by atoms with Crippen molar-refractivity contribution in [1.82, 2.24) is 4.90 Å². The molecule has 1 amide bonds. The van der Waals surface area contributed by atoms with Crippen LogP contribution in [0, 0.1) is 5.92 Å². The molecule has 1 heterocycles. The van der Waals surface area contributed by atoms with Crippen molar-refractivity contribution in [3.05, 3.63) is 60.2 Å². The lowest BCUT2D eigenvalue weighted by Gasteiger charge is -2.32. The van der Waals surface area contributed by atoms with Gasteiger partial charge >= 0.3 is 0 Å². The average Bonchev–Trinajstić information content (AvgIpc) is 2.63. The van der Waals surface area contributed by atoms with Gasteiger partial charge in [0.05, 0.1) is 0 Å². The first-order valence-corrected chi connectivity index (χ1v) is 9.01. The van der Waals surface area contributed by atoms with Crippen molar-refractivity contribution in [3.63, 3.8) is 0 Å². The maximum absolute atomic E-state index is 11.0. The lowest BCUT2D eigenvalue weighted by Crippen LogP contribution is -2.35. The molecule has 0 bridgehead atoms. The number of nitrogens with zero attached hydrogens (tertiary/aromatic N) is 1. The van der Waals surface area contributed by atoms with Gasteiger partial charge in [-0.1, -0.05) is 30.3 Å². The van der Waals surface area contributed by atoms with Gasteiger partial charge in [0, 0.05) is 19.5 Å². The zero-order chi connectivity index (χ0) is 17.5. The number of carbonyl (C=O) groups is 1. The maximum Gasteiger partial charge on any atom is 0.217 e. The second-order valence-corrected chi connectivity index (χ2v) is 6.81. The van der Waals surface area contributed by atoms with E-state index >= 15 is 0 Å². The Balaban J connectivity index is 1.51. The quantitative estimate of drug-likeness (QED) is 0.831. The van der Waals surface area contributed by atoms with Gasteiger partial charge in [0.2, 0.25) is 5.91 Å². The smallest absolute Gasteiger partial charge is 0.217 e. The molecule has 0 unspecified atom stereocenters. The number of hydrogen-bond acceptors (Lipinski definition) is 3. The van der Waals surface area contributed by atoms with Crippen LogP contribution in [-0.4, -0.2) is 23.9 Å². The lowest BCUT2D eigenvalue weighted by atomic mass is 9.93. The molecule has 25 heavy (non-hydrogen) atoms. The molecule has 3 rings (SSSR count). The summed E-state index contributed by atoms with van der Waals surface area (Å²) in [6.45, 7) is 3.11. The van der Waals surface area contributed by atoms with Crippen molar-refractivity contribution in [2.24, 2.45) is 11.7 Å². The van der Waals surface area contributed by atoms with Gasteiger partial charge in [-0.2, -0.15) is 0 Å². The van der Waals surface area contributed by atoms with Gasteiger partial charge in [-0.15, -0.1) is 0 Å². The van der Waals surface area contributed by atoms with E-state index in [1.807, 2.05) is 42.5 Å². The summed E-state index contributed by atoms with van der Waals surface area (Å²) in [5.74, 6) is 2.10. The number of para-hydroxylation sites is 1. The number of primary amides is 1. The highest BCUT2D eigenvalue weighted by Crippen LogP contribution is 2.24. The summed E-state index contributed by atoms with van der Waals surface area (Å²) in [4.78, 5) is 13.4. The minimum absolute atomic E-state index is 0.189. The largest absolute Gasteiger partial charge is 0.457 e. The number of carbonyl (C=O) groups excluding carboxylic acids is 1. The molecule has 0 aromatic heterocycles. The molecule has 0 spiro atoms. The predicted octanol–water partition coefficient (Wildman–Crippen LogP) is 3.96. The van der Waals surface area contributed by atoms with Crippen molar-refractivity contribution in [2.45, 2.75) is 32.2 Å². The second kappa shape index (κ2) is 8.67. The number of benzene rings is 2. The zero-order valence-electron chi connectivity index (χ0n) is 14.6. The van der Waals surface area contributed by atoms with Crippen LogP contribution in [0.5, 0.6) is 11.5 Å². The zero-order valence-corrected chi connectivity index (χ0v) is 14.6. The average molecular weight is 338 g/mol. The molecule has 1 aliphatic heterocycles. The van der Waals surface area contributed by atoms with Crippen LogP contribution in [0.3, 0.4) is 0 Å². The van der Waals surface area contributed by atoms with Crippen molar-refractivity contribution < 1.29 is 9.53 Å². The summed E-state index contributed by atoms with van der Waals surface area (Å²) in [5, 5.41) is 0. The van der Waals surface area contributed by atoms with Gasteiger partial charge in [-0.05, 0) is 61.6 Å². The van der Waals surface area contributed by atoms with E-state index in [1.54, 1.807) is 0 Å². The first kappa shape index (κ1) is 17.5. The molecule has 1 aliphatic rings. The number of likely N-dealkylation sites (tertiary alicyclic amines) is 1. The van der Waals surface area contributed by atoms with E-state index in [0.29, 0.717) is 12.3 Å². The molecule has 0 saturated carbocycles. The summed E-state index contributed by atoms with van der Waals surface area (Å²) >= 11 is 0. The van der Waals surface area contributed by atoms with Crippen LogP contribution in [0.2, 0.25) is 0 Å². The Hall–Kier alpha value is -2.33. The fraction of sp³-hybridized carbons (Fsp3) is 0.381. The molecule has 1 saturated heterocycles. The molecule has 2 aromatic carbocycles. The van der Waals surface area contributed by atoms with Crippen molar-refractivity contribution in [3.8, 4) is 11.5 Å². The number of rotatable bonds is 7. The Bertz CT molecular complexity index is 670. The summed E-state index contributed by atoms with van der Waals surface area (Å²) in [6, 6.07) is 18.1. The Labute approximate surface area is 149 Å². The SMILES string of the molecule is NC(=O)CC[C@@H]1CCCN(Cc2ccc(Oc3ccccc3)cc2)C1. The molecule has 2 N–H and O–H groups in total. The summed E-state index contributed by atoms with van der Waals surface area (Å²) in [6.07, 6.45) is 3.81. The van der Waals surface area contributed by atoms with Crippen LogP contribution < -0.4 is 10.5 Å². The van der Waals surface area contributed by atoms with Crippen LogP contribution in [-0.2, 0) is 11.3 Å². The van der Waals surface area contributed by atoms with Crippen molar-refractivity contribution in [2.75, 3.05) is 13.1 Å². The lowest BCUT2D eigenvalue weighted by molar-refractivity contribution is -0.118. The molecular formula is C21H26N2O2. The van der Waals surface area contributed by atoms with E-state index in [2.05, 4.69) is 17.0 Å². The third-order valence-corrected chi connectivity index (χ3v) is 4.71. The highest BCUT2D eigenvalue weighted by molar-refractivity contribution is 5.73. The van der Waals surface area contributed by atoms with Crippen LogP contribution >= 0.6 is 0 Å². The third-order valence-electron chi connectivity index (χ3n) is 4.71. The van der Waals surface area contributed by atoms with Crippen LogP contribution in [0.1, 0.15) is 31.2 Å². The van der Waals surface area contributed by atoms with Gasteiger partial charge in [-0.3, -0.25) is 9.69 Å². The minimum atomic E-state index is -0.189. The monoisotopic (exact) mass is 338 g/mol. The molecule has 1 atom stereocenters. The standard InChI is InChI=1S/C21H26N2O2/c22-21(24)13-10-17-5-4-14-23(15-17)16-18-8-11-20(12-9-18)25-19-6-2-1-3-7-19/h1-3,6-9,11-12,17H,4-5,10,13-16H2,(H2,22,24)/t17-/m0/s1. The molecule has 0 radical (unpaired) electrons. The summed E-state index contributed by atoms with van der Waals surface area (Å²) in [5.41, 5.74) is 6.56. The van der Waals surface area contributed by atoms with Gasteiger partial charge < -0.3 is 10.5 Å². The van der Waals surface area contributed by atoms with E-state index < -0.39 is 0 Å². The second-order valence-electron chi connectivity index (χ2n) is 6.81. The van der Waals surface area contributed by atoms with Gasteiger partial charge in [0.25, 0.3) is 0 Å². The van der Waals surface area contributed by atoms with Crippen LogP contribution in [0.15, 0.2) is 54.6 Å². The van der Waals surface area contributed by atoms with Crippen molar-refractivity contribution in [1.29, 1.82) is 0 Å². The normalized spacial score (nSPS) is 18.0. The molecule has 1 fully saturated rings. The van der Waals surface area contributed by atoms with Gasteiger partial charge in [-0.25, -0.2) is 0 Å². The maximum atomic E-state index is 11.0. The minimum Gasteiger partial charge on any atom is -0.457 e. The Morgan fingerprint density at radius 3 is 2.52 bits per heavy atom. The Morgan fingerprint density at radius 1 is 1.08 bits per heavy atom. The number of hydrogen-bond donors (Lipinski definition) is 1. The van der Waals surface area contributed by atoms with E-state index in [0.717, 1.165) is 37.6 Å². The summed E-state index contributed by atoms with van der Waals surface area (Å²) in [7, 11) is 0. The first-order chi connectivity index (χ1) is 12.2. The number of ether oxygens (including phenoxy) is 1. The Kier molecular flexibility index (Phi) is 6.07. The fourth-order valence-electron chi connectivity index (χ4n) is 3.42. The number of amides is 1. The highest BCUT2D eigenvalue weighted by atomic mass is 16.5. The molecule has 4 heteroatoms. The predicted molar refractivity (Wildman–Crippen MR) is 99.4 cm³/mol. The molecular weight excluding hydrogens is 312 g/mol. The van der Waals surface area contributed by atoms with E-state index in [1.165, 1.54) is 18.4 Å². The fourth-order valence-corrected chi connectivity index (χ4v) is 3.42. The summed E-state index contributed by atoms with van der Waals surface area (Å²) < 4.78 is 5.84. The number of piperidine rings is 1. The number of nitrogens with two attached hydrogens (primary N) is 1. The topological polar surface area (TPSA) is 55.6 Å². The van der Waals surface area contributed by atoms with E-state index in [-0.39, 0.29) is 5.91 Å². The first-order valence-electron chi connectivity index (χ1n) is 9.01. The molecule has 4 nitrogen and oxygen atoms in total.